The molecule has 2 aromatic carbocycles. The van der Waals surface area contributed by atoms with Crippen LogP contribution < -0.4 is 15.4 Å². The lowest BCUT2D eigenvalue weighted by Gasteiger charge is -2.33. The summed E-state index contributed by atoms with van der Waals surface area (Å²) in [6.45, 7) is 9.96. The fourth-order valence-electron chi connectivity index (χ4n) is 3.50. The van der Waals surface area contributed by atoms with Gasteiger partial charge in [-0.05, 0) is 56.1 Å². The Bertz CT molecular complexity index is 821. The molecule has 2 N–H and O–H groups in total. The number of methoxy groups -OCH3 is 1. The zero-order chi connectivity index (χ0) is 18.6. The summed E-state index contributed by atoms with van der Waals surface area (Å²) >= 11 is 0. The minimum Gasteiger partial charge on any atom is -0.496 e. The van der Waals surface area contributed by atoms with E-state index in [2.05, 4.69) is 67.5 Å². The standard InChI is InChI=1S/C23H28N2O/c1-5-13-24-14-12-18-16-23(2,3)25-21-11-10-17(15-20(18)21)19-8-6-7-9-22(19)26-4/h5-11,15-16,24-25H,1,12-14H2,2-4H3. The molecule has 0 bridgehead atoms. The maximum Gasteiger partial charge on any atom is 0.126 e. The Morgan fingerprint density at radius 1 is 1.15 bits per heavy atom. The first-order valence-electron chi connectivity index (χ1n) is 9.13. The van der Waals surface area contributed by atoms with Gasteiger partial charge in [-0.3, -0.25) is 0 Å². The molecule has 136 valence electrons. The minimum atomic E-state index is -0.0489. The van der Waals surface area contributed by atoms with Gasteiger partial charge in [-0.2, -0.15) is 0 Å². The van der Waals surface area contributed by atoms with E-state index >= 15 is 0 Å². The Hall–Kier alpha value is -2.52. The zero-order valence-electron chi connectivity index (χ0n) is 15.9. The Kier molecular flexibility index (Phi) is 5.48. The van der Waals surface area contributed by atoms with Crippen molar-refractivity contribution in [1.82, 2.24) is 5.32 Å². The summed E-state index contributed by atoms with van der Waals surface area (Å²) in [5.74, 6) is 0.898. The van der Waals surface area contributed by atoms with E-state index in [1.807, 2.05) is 18.2 Å². The molecule has 1 aliphatic rings. The fraction of sp³-hybridized carbons (Fsp3) is 0.304. The van der Waals surface area contributed by atoms with E-state index in [-0.39, 0.29) is 5.54 Å². The van der Waals surface area contributed by atoms with Crippen LogP contribution in [0.15, 0.2) is 61.2 Å². The van der Waals surface area contributed by atoms with Gasteiger partial charge in [0.05, 0.1) is 12.6 Å². The lowest BCUT2D eigenvalue weighted by molar-refractivity contribution is 0.416. The number of rotatable bonds is 7. The van der Waals surface area contributed by atoms with Crippen molar-refractivity contribution in [2.75, 3.05) is 25.5 Å². The molecule has 3 rings (SSSR count). The predicted molar refractivity (Wildman–Crippen MR) is 112 cm³/mol. The van der Waals surface area contributed by atoms with Crippen LogP contribution in [0.2, 0.25) is 0 Å². The Balaban J connectivity index is 1.97. The van der Waals surface area contributed by atoms with Crippen LogP contribution in [0.25, 0.3) is 16.7 Å². The maximum atomic E-state index is 5.55. The number of para-hydroxylation sites is 1. The van der Waals surface area contributed by atoms with Gasteiger partial charge >= 0.3 is 0 Å². The molecule has 3 heteroatoms. The highest BCUT2D eigenvalue weighted by Gasteiger charge is 2.24. The highest BCUT2D eigenvalue weighted by atomic mass is 16.5. The van der Waals surface area contributed by atoms with Crippen LogP contribution in [0.5, 0.6) is 5.75 Å². The number of fused-ring (bicyclic) bond motifs is 1. The number of hydrogen-bond acceptors (Lipinski definition) is 3. The van der Waals surface area contributed by atoms with Crippen molar-refractivity contribution >= 4 is 11.3 Å². The summed E-state index contributed by atoms with van der Waals surface area (Å²) in [4.78, 5) is 0. The molecule has 0 aliphatic carbocycles. The summed E-state index contributed by atoms with van der Waals surface area (Å²) in [6, 6.07) is 14.8. The third-order valence-corrected chi connectivity index (χ3v) is 4.64. The van der Waals surface area contributed by atoms with E-state index in [9.17, 15) is 0 Å². The first-order valence-corrected chi connectivity index (χ1v) is 9.13. The zero-order valence-corrected chi connectivity index (χ0v) is 15.9. The fourth-order valence-corrected chi connectivity index (χ4v) is 3.50. The Labute approximate surface area is 156 Å². The Morgan fingerprint density at radius 2 is 1.96 bits per heavy atom. The van der Waals surface area contributed by atoms with Crippen LogP contribution >= 0.6 is 0 Å². The van der Waals surface area contributed by atoms with Gasteiger partial charge in [-0.1, -0.05) is 36.4 Å². The van der Waals surface area contributed by atoms with Crippen LogP contribution in [-0.4, -0.2) is 25.7 Å². The second-order valence-corrected chi connectivity index (χ2v) is 7.22. The van der Waals surface area contributed by atoms with Gasteiger partial charge < -0.3 is 15.4 Å². The van der Waals surface area contributed by atoms with Crippen LogP contribution in [0.1, 0.15) is 25.8 Å². The van der Waals surface area contributed by atoms with Crippen molar-refractivity contribution in [2.24, 2.45) is 0 Å². The Morgan fingerprint density at radius 3 is 2.73 bits per heavy atom. The van der Waals surface area contributed by atoms with Gasteiger partial charge in [0.2, 0.25) is 0 Å². The molecule has 26 heavy (non-hydrogen) atoms. The molecule has 0 atom stereocenters. The van der Waals surface area contributed by atoms with E-state index in [4.69, 9.17) is 4.74 Å². The minimum absolute atomic E-state index is 0.0489. The van der Waals surface area contributed by atoms with E-state index in [0.29, 0.717) is 0 Å². The van der Waals surface area contributed by atoms with Crippen LogP contribution in [0.3, 0.4) is 0 Å². The quantitative estimate of drug-likeness (QED) is 0.538. The normalized spacial score (nSPS) is 14.8. The number of anilines is 1. The molecule has 0 fully saturated rings. The molecular weight excluding hydrogens is 320 g/mol. The van der Waals surface area contributed by atoms with Gasteiger partial charge in [-0.25, -0.2) is 0 Å². The monoisotopic (exact) mass is 348 g/mol. The lowest BCUT2D eigenvalue weighted by atomic mass is 9.87. The molecule has 1 heterocycles. The van der Waals surface area contributed by atoms with Crippen molar-refractivity contribution in [1.29, 1.82) is 0 Å². The molecule has 0 spiro atoms. The molecule has 0 radical (unpaired) electrons. The molecule has 0 saturated carbocycles. The molecule has 1 aliphatic heterocycles. The van der Waals surface area contributed by atoms with Crippen molar-refractivity contribution in [2.45, 2.75) is 25.8 Å². The third kappa shape index (κ3) is 4.00. The molecule has 0 saturated heterocycles. The summed E-state index contributed by atoms with van der Waals surface area (Å²) < 4.78 is 5.55. The molecule has 0 unspecified atom stereocenters. The molecule has 0 aromatic heterocycles. The summed E-state index contributed by atoms with van der Waals surface area (Å²) in [5, 5.41) is 7.04. The van der Waals surface area contributed by atoms with Crippen LogP contribution in [-0.2, 0) is 0 Å². The average molecular weight is 348 g/mol. The predicted octanol–water partition coefficient (Wildman–Crippen LogP) is 5.12. The van der Waals surface area contributed by atoms with E-state index in [1.165, 1.54) is 22.4 Å². The number of nitrogens with one attached hydrogen (secondary N) is 2. The highest BCUT2D eigenvalue weighted by molar-refractivity contribution is 5.85. The number of benzene rings is 2. The number of hydrogen-bond donors (Lipinski definition) is 2. The lowest BCUT2D eigenvalue weighted by Crippen LogP contribution is -2.32. The van der Waals surface area contributed by atoms with Gasteiger partial charge in [0, 0.05) is 23.4 Å². The molecular formula is C23H28N2O. The first kappa shape index (κ1) is 18.3. The SMILES string of the molecule is C=CCNCCC1=CC(C)(C)Nc2ccc(-c3ccccc3OC)cc21. The largest absolute Gasteiger partial charge is 0.496 e. The summed E-state index contributed by atoms with van der Waals surface area (Å²) in [6.07, 6.45) is 5.23. The molecule has 0 amide bonds. The van der Waals surface area contributed by atoms with E-state index < -0.39 is 0 Å². The summed E-state index contributed by atoms with van der Waals surface area (Å²) in [7, 11) is 1.72. The second kappa shape index (κ2) is 7.79. The first-order chi connectivity index (χ1) is 12.5. The van der Waals surface area contributed by atoms with Gasteiger partial charge in [0.1, 0.15) is 5.75 Å². The van der Waals surface area contributed by atoms with Gasteiger partial charge in [0.25, 0.3) is 0 Å². The van der Waals surface area contributed by atoms with Crippen molar-refractivity contribution < 1.29 is 4.74 Å². The van der Waals surface area contributed by atoms with Crippen molar-refractivity contribution in [3.63, 3.8) is 0 Å². The van der Waals surface area contributed by atoms with Crippen LogP contribution in [0, 0.1) is 0 Å². The average Bonchev–Trinajstić information content (AvgIpc) is 2.64. The van der Waals surface area contributed by atoms with Gasteiger partial charge in [0.15, 0.2) is 0 Å². The van der Waals surface area contributed by atoms with E-state index in [0.717, 1.165) is 30.8 Å². The van der Waals surface area contributed by atoms with Crippen LogP contribution in [0.4, 0.5) is 5.69 Å². The molecule has 2 aromatic rings. The van der Waals surface area contributed by atoms with Crippen molar-refractivity contribution in [3.05, 3.63) is 66.8 Å². The van der Waals surface area contributed by atoms with E-state index in [1.54, 1.807) is 7.11 Å². The topological polar surface area (TPSA) is 33.3 Å². The number of ether oxygens (including phenoxy) is 1. The molecule has 3 nitrogen and oxygen atoms in total. The maximum absolute atomic E-state index is 5.55. The smallest absolute Gasteiger partial charge is 0.126 e. The summed E-state index contributed by atoms with van der Waals surface area (Å²) in [5.41, 5.74) is 6.08. The second-order valence-electron chi connectivity index (χ2n) is 7.22. The van der Waals surface area contributed by atoms with Gasteiger partial charge in [-0.15, -0.1) is 6.58 Å². The third-order valence-electron chi connectivity index (χ3n) is 4.64. The van der Waals surface area contributed by atoms with Crippen molar-refractivity contribution in [3.8, 4) is 16.9 Å². The highest BCUT2D eigenvalue weighted by Crippen LogP contribution is 2.39.